The molecular formula is C16H18N6O2. The van der Waals surface area contributed by atoms with E-state index in [0.29, 0.717) is 29.2 Å². The first-order valence-electron chi connectivity index (χ1n) is 7.51. The van der Waals surface area contributed by atoms with Gasteiger partial charge in [0.2, 0.25) is 0 Å². The molecule has 3 rings (SSSR count). The van der Waals surface area contributed by atoms with Gasteiger partial charge in [0.25, 0.3) is 0 Å². The number of rotatable bonds is 5. The number of carbonyl (C=O) groups is 1. The van der Waals surface area contributed by atoms with Crippen LogP contribution in [0.25, 0.3) is 22.6 Å². The number of hydrogen-bond donors (Lipinski definition) is 3. The van der Waals surface area contributed by atoms with Crippen molar-refractivity contribution in [2.45, 2.75) is 20.4 Å². The number of amidine groups is 1. The first-order chi connectivity index (χ1) is 11.5. The van der Waals surface area contributed by atoms with E-state index in [2.05, 4.69) is 15.0 Å². The standard InChI is InChI=1S/C16H18N6O2/c1-3-24-13(23)7-22-8-19-14(9(22)2)16-20-11-5-4-10(15(17)18)6-12(11)21-16/h4-6,8H,3,7H2,1-2H3,(H3,17,18)(H,20,21). The molecule has 0 fully saturated rings. The van der Waals surface area contributed by atoms with Gasteiger partial charge < -0.3 is 20.0 Å². The third-order valence-electron chi connectivity index (χ3n) is 3.72. The van der Waals surface area contributed by atoms with Crippen LogP contribution < -0.4 is 5.73 Å². The molecule has 8 nitrogen and oxygen atoms in total. The van der Waals surface area contributed by atoms with Gasteiger partial charge in [0.15, 0.2) is 5.82 Å². The first kappa shape index (κ1) is 15.7. The van der Waals surface area contributed by atoms with Gasteiger partial charge in [-0.1, -0.05) is 0 Å². The highest BCUT2D eigenvalue weighted by Crippen LogP contribution is 2.23. The highest BCUT2D eigenvalue weighted by molar-refractivity contribution is 5.98. The van der Waals surface area contributed by atoms with E-state index in [9.17, 15) is 4.79 Å². The maximum absolute atomic E-state index is 11.6. The molecule has 8 heteroatoms. The van der Waals surface area contributed by atoms with E-state index in [1.165, 1.54) is 0 Å². The van der Waals surface area contributed by atoms with Crippen molar-refractivity contribution in [1.82, 2.24) is 19.5 Å². The molecule has 2 heterocycles. The van der Waals surface area contributed by atoms with Gasteiger partial charge in [0.1, 0.15) is 18.1 Å². The predicted molar refractivity (Wildman–Crippen MR) is 89.7 cm³/mol. The zero-order valence-corrected chi connectivity index (χ0v) is 13.5. The Labute approximate surface area is 138 Å². The number of nitrogens with two attached hydrogens (primary N) is 1. The Morgan fingerprint density at radius 3 is 2.96 bits per heavy atom. The van der Waals surface area contributed by atoms with E-state index in [0.717, 1.165) is 11.2 Å². The van der Waals surface area contributed by atoms with Gasteiger partial charge in [-0.2, -0.15) is 0 Å². The van der Waals surface area contributed by atoms with Crippen LogP contribution in [-0.2, 0) is 16.1 Å². The van der Waals surface area contributed by atoms with Gasteiger partial charge >= 0.3 is 5.97 Å². The lowest BCUT2D eigenvalue weighted by molar-refractivity contribution is -0.143. The van der Waals surface area contributed by atoms with Gasteiger partial charge in [0.05, 0.1) is 24.0 Å². The molecule has 3 aromatic rings. The number of H-pyrrole nitrogens is 1. The smallest absolute Gasteiger partial charge is 0.325 e. The maximum Gasteiger partial charge on any atom is 0.325 e. The van der Waals surface area contributed by atoms with Gasteiger partial charge in [-0.25, -0.2) is 9.97 Å². The number of aromatic amines is 1. The van der Waals surface area contributed by atoms with Crippen LogP contribution in [-0.4, -0.2) is 37.9 Å². The van der Waals surface area contributed by atoms with Crippen molar-refractivity contribution in [1.29, 1.82) is 5.41 Å². The number of benzene rings is 1. The summed E-state index contributed by atoms with van der Waals surface area (Å²) < 4.78 is 6.68. The van der Waals surface area contributed by atoms with Crippen molar-refractivity contribution >= 4 is 22.8 Å². The predicted octanol–water partition coefficient (Wildman–Crippen LogP) is 1.58. The molecule has 0 amide bonds. The minimum absolute atomic E-state index is 0.00338. The summed E-state index contributed by atoms with van der Waals surface area (Å²) >= 11 is 0. The van der Waals surface area contributed by atoms with Crippen LogP contribution in [0.1, 0.15) is 18.2 Å². The fraction of sp³-hybridized carbons (Fsp3) is 0.250. The molecule has 0 saturated heterocycles. The highest BCUT2D eigenvalue weighted by atomic mass is 16.5. The van der Waals surface area contributed by atoms with Crippen LogP contribution in [0.15, 0.2) is 24.5 Å². The minimum Gasteiger partial charge on any atom is -0.465 e. The quantitative estimate of drug-likeness (QED) is 0.373. The van der Waals surface area contributed by atoms with E-state index < -0.39 is 0 Å². The van der Waals surface area contributed by atoms with E-state index >= 15 is 0 Å². The van der Waals surface area contributed by atoms with Crippen molar-refractivity contribution in [3.05, 3.63) is 35.8 Å². The number of imidazole rings is 2. The zero-order valence-electron chi connectivity index (χ0n) is 13.5. The van der Waals surface area contributed by atoms with Crippen molar-refractivity contribution < 1.29 is 9.53 Å². The number of nitrogen functional groups attached to an aromatic ring is 1. The van der Waals surface area contributed by atoms with Crippen LogP contribution in [0.4, 0.5) is 0 Å². The normalized spacial score (nSPS) is 10.9. The van der Waals surface area contributed by atoms with Crippen LogP contribution in [0.3, 0.4) is 0 Å². The summed E-state index contributed by atoms with van der Waals surface area (Å²) in [5.74, 6) is 0.294. The van der Waals surface area contributed by atoms with Gasteiger partial charge in [-0.15, -0.1) is 0 Å². The fourth-order valence-corrected chi connectivity index (χ4v) is 2.47. The van der Waals surface area contributed by atoms with E-state index in [1.54, 1.807) is 30.0 Å². The summed E-state index contributed by atoms with van der Waals surface area (Å²) in [5.41, 5.74) is 9.14. The molecule has 2 aromatic heterocycles. The Hall–Kier alpha value is -3.16. The Bertz CT molecular complexity index is 924. The molecule has 4 N–H and O–H groups in total. The summed E-state index contributed by atoms with van der Waals surface area (Å²) in [5, 5.41) is 7.50. The highest BCUT2D eigenvalue weighted by Gasteiger charge is 2.15. The molecule has 0 aliphatic rings. The summed E-state index contributed by atoms with van der Waals surface area (Å²) in [6, 6.07) is 5.34. The van der Waals surface area contributed by atoms with Gasteiger partial charge in [-0.3, -0.25) is 10.2 Å². The van der Waals surface area contributed by atoms with Gasteiger partial charge in [-0.05, 0) is 32.0 Å². The van der Waals surface area contributed by atoms with Crippen LogP contribution >= 0.6 is 0 Å². The molecular weight excluding hydrogens is 308 g/mol. The number of esters is 1. The number of carbonyl (C=O) groups excluding carboxylic acids is 1. The van der Waals surface area contributed by atoms with Crippen LogP contribution in [0, 0.1) is 12.3 Å². The van der Waals surface area contributed by atoms with Crippen LogP contribution in [0.5, 0.6) is 0 Å². The molecule has 0 aliphatic heterocycles. The third-order valence-corrected chi connectivity index (χ3v) is 3.72. The second-order valence-corrected chi connectivity index (χ2v) is 5.34. The Balaban J connectivity index is 1.94. The molecule has 0 aliphatic carbocycles. The Morgan fingerprint density at radius 2 is 2.25 bits per heavy atom. The average molecular weight is 326 g/mol. The van der Waals surface area contributed by atoms with E-state index in [1.807, 2.05) is 13.0 Å². The van der Waals surface area contributed by atoms with Crippen molar-refractivity contribution in [3.63, 3.8) is 0 Å². The van der Waals surface area contributed by atoms with E-state index in [-0.39, 0.29) is 18.3 Å². The number of ether oxygens (including phenoxy) is 1. The second kappa shape index (κ2) is 6.15. The molecule has 124 valence electrons. The average Bonchev–Trinajstić information content (AvgIpc) is 3.10. The zero-order chi connectivity index (χ0) is 17.3. The van der Waals surface area contributed by atoms with Crippen molar-refractivity contribution in [3.8, 4) is 11.5 Å². The number of hydrogen-bond acceptors (Lipinski definition) is 5. The third kappa shape index (κ3) is 2.85. The second-order valence-electron chi connectivity index (χ2n) is 5.34. The Morgan fingerprint density at radius 1 is 1.46 bits per heavy atom. The van der Waals surface area contributed by atoms with E-state index in [4.69, 9.17) is 15.9 Å². The molecule has 1 aromatic carbocycles. The van der Waals surface area contributed by atoms with Gasteiger partial charge in [0, 0.05) is 11.3 Å². The van der Waals surface area contributed by atoms with Crippen LogP contribution in [0.2, 0.25) is 0 Å². The van der Waals surface area contributed by atoms with Crippen molar-refractivity contribution in [2.24, 2.45) is 5.73 Å². The molecule has 0 unspecified atom stereocenters. The number of nitrogens with zero attached hydrogens (tertiary/aromatic N) is 3. The largest absolute Gasteiger partial charge is 0.465 e. The number of fused-ring (bicyclic) bond motifs is 1. The number of nitrogens with one attached hydrogen (secondary N) is 2. The summed E-state index contributed by atoms with van der Waals surface area (Å²) in [4.78, 5) is 23.7. The monoisotopic (exact) mass is 326 g/mol. The Kier molecular flexibility index (Phi) is 4.03. The summed E-state index contributed by atoms with van der Waals surface area (Å²) in [7, 11) is 0. The molecule has 0 bridgehead atoms. The molecule has 0 spiro atoms. The topological polar surface area (TPSA) is 123 Å². The molecule has 0 atom stereocenters. The molecule has 0 saturated carbocycles. The summed E-state index contributed by atoms with van der Waals surface area (Å²) in [6.45, 7) is 4.10. The molecule has 24 heavy (non-hydrogen) atoms. The first-order valence-corrected chi connectivity index (χ1v) is 7.51. The molecule has 0 radical (unpaired) electrons. The lowest BCUT2D eigenvalue weighted by Crippen LogP contribution is -2.13. The summed E-state index contributed by atoms with van der Waals surface area (Å²) in [6.07, 6.45) is 1.59. The minimum atomic E-state index is -0.305. The SMILES string of the molecule is CCOC(=O)Cn1cnc(-c2nc3cc(C(=N)N)ccc3[nH]2)c1C. The lowest BCUT2D eigenvalue weighted by Gasteiger charge is -2.04. The van der Waals surface area contributed by atoms with Crippen molar-refractivity contribution in [2.75, 3.05) is 6.61 Å². The number of aromatic nitrogens is 4. The maximum atomic E-state index is 11.6. The lowest BCUT2D eigenvalue weighted by atomic mass is 10.2. The fourth-order valence-electron chi connectivity index (χ4n) is 2.47.